The third-order valence-electron chi connectivity index (χ3n) is 5.55. The highest BCUT2D eigenvalue weighted by Crippen LogP contribution is 2.49. The maximum Gasteiger partial charge on any atom is 0.254 e. The van der Waals surface area contributed by atoms with Gasteiger partial charge in [-0.05, 0) is 71.8 Å². The number of hydrogen-bond donors (Lipinski definition) is 3. The number of pyridine rings is 1. The standard InChI is InChI=1S/C22H20F2IN3O4S/c1-11-7-18(21(28(2)22(11)30)26-17-6-4-13(25)9-16(17)24)27-33(31,32)20-10-15(20)14-5-3-12(23)8-19(14)29/h3-9,15,20,26-27,29H,10H2,1-2H3. The fourth-order valence-corrected chi connectivity index (χ4v) is 5.85. The highest BCUT2D eigenvalue weighted by Gasteiger charge is 2.49. The molecule has 1 heterocycles. The maximum absolute atomic E-state index is 14.4. The summed E-state index contributed by atoms with van der Waals surface area (Å²) in [6, 6.07) is 9.34. The molecule has 2 unspecified atom stereocenters. The van der Waals surface area contributed by atoms with E-state index in [9.17, 15) is 27.1 Å². The number of anilines is 3. The summed E-state index contributed by atoms with van der Waals surface area (Å²) in [4.78, 5) is 12.5. The van der Waals surface area contributed by atoms with Crippen LogP contribution in [0.3, 0.4) is 0 Å². The van der Waals surface area contributed by atoms with Gasteiger partial charge < -0.3 is 10.4 Å². The molecule has 7 nitrogen and oxygen atoms in total. The average Bonchev–Trinajstić information content (AvgIpc) is 3.52. The van der Waals surface area contributed by atoms with Crippen molar-refractivity contribution in [1.82, 2.24) is 4.57 Å². The van der Waals surface area contributed by atoms with Crippen LogP contribution in [-0.4, -0.2) is 23.3 Å². The van der Waals surface area contributed by atoms with Gasteiger partial charge in [0.1, 0.15) is 23.2 Å². The van der Waals surface area contributed by atoms with Gasteiger partial charge in [0.15, 0.2) is 0 Å². The van der Waals surface area contributed by atoms with Gasteiger partial charge >= 0.3 is 0 Å². The Morgan fingerprint density at radius 3 is 2.52 bits per heavy atom. The summed E-state index contributed by atoms with van der Waals surface area (Å²) in [5.74, 6) is -1.89. The van der Waals surface area contributed by atoms with Crippen molar-refractivity contribution in [2.24, 2.45) is 7.05 Å². The lowest BCUT2D eigenvalue weighted by molar-refractivity contribution is 0.462. The van der Waals surface area contributed by atoms with Gasteiger partial charge in [0.2, 0.25) is 10.0 Å². The van der Waals surface area contributed by atoms with Gasteiger partial charge in [0, 0.05) is 28.2 Å². The minimum Gasteiger partial charge on any atom is -0.508 e. The number of nitrogens with one attached hydrogen (secondary N) is 2. The Labute approximate surface area is 202 Å². The van der Waals surface area contributed by atoms with Gasteiger partial charge in [-0.3, -0.25) is 14.1 Å². The van der Waals surface area contributed by atoms with Crippen LogP contribution >= 0.6 is 22.6 Å². The molecule has 2 atom stereocenters. The van der Waals surface area contributed by atoms with Crippen molar-refractivity contribution in [3.63, 3.8) is 0 Å². The first-order chi connectivity index (χ1) is 15.5. The fourth-order valence-electron chi connectivity index (χ4n) is 3.74. The highest BCUT2D eigenvalue weighted by molar-refractivity contribution is 14.1. The molecular formula is C22H20F2IN3O4S. The summed E-state index contributed by atoms with van der Waals surface area (Å²) in [7, 11) is -2.49. The second kappa shape index (κ2) is 8.60. The smallest absolute Gasteiger partial charge is 0.254 e. The molecule has 1 aromatic heterocycles. The molecule has 0 radical (unpaired) electrons. The molecule has 0 bridgehead atoms. The van der Waals surface area contributed by atoms with E-state index in [2.05, 4.69) is 10.0 Å². The van der Waals surface area contributed by atoms with Gasteiger partial charge in [-0.1, -0.05) is 6.07 Å². The Hall–Kier alpha value is -2.67. The van der Waals surface area contributed by atoms with Crippen molar-refractivity contribution in [1.29, 1.82) is 0 Å². The van der Waals surface area contributed by atoms with Crippen molar-refractivity contribution in [3.05, 3.63) is 79.1 Å². The van der Waals surface area contributed by atoms with E-state index in [0.717, 1.165) is 6.07 Å². The molecule has 3 N–H and O–H groups in total. The molecule has 174 valence electrons. The summed E-state index contributed by atoms with van der Waals surface area (Å²) >= 11 is 1.97. The zero-order valence-electron chi connectivity index (χ0n) is 17.6. The molecule has 0 amide bonds. The van der Waals surface area contributed by atoms with E-state index in [-0.39, 0.29) is 34.9 Å². The topological polar surface area (TPSA) is 100 Å². The molecule has 1 aliphatic rings. The van der Waals surface area contributed by atoms with Crippen molar-refractivity contribution in [2.75, 3.05) is 10.0 Å². The van der Waals surface area contributed by atoms with Crippen LogP contribution in [-0.2, 0) is 17.1 Å². The summed E-state index contributed by atoms with van der Waals surface area (Å²) in [5, 5.41) is 12.0. The lowest BCUT2D eigenvalue weighted by atomic mass is 10.1. The molecule has 0 aliphatic heterocycles. The van der Waals surface area contributed by atoms with E-state index in [1.807, 2.05) is 22.6 Å². The summed E-state index contributed by atoms with van der Waals surface area (Å²) in [6.45, 7) is 1.55. The first-order valence-electron chi connectivity index (χ1n) is 9.90. The lowest BCUT2D eigenvalue weighted by Gasteiger charge is -2.19. The monoisotopic (exact) mass is 587 g/mol. The third kappa shape index (κ3) is 4.69. The van der Waals surface area contributed by atoms with Crippen LogP contribution in [0, 0.1) is 22.1 Å². The SMILES string of the molecule is Cc1cc(NS(=O)(=O)C2CC2c2ccc(F)cc2O)c(Nc2ccc(I)cc2F)n(C)c1=O. The first kappa shape index (κ1) is 23.5. The van der Waals surface area contributed by atoms with Crippen molar-refractivity contribution in [3.8, 4) is 5.75 Å². The van der Waals surface area contributed by atoms with Gasteiger partial charge in [-0.25, -0.2) is 17.2 Å². The number of phenols is 1. The number of sulfonamides is 1. The molecule has 0 saturated heterocycles. The van der Waals surface area contributed by atoms with Crippen LogP contribution in [0.25, 0.3) is 0 Å². The van der Waals surface area contributed by atoms with Crippen LogP contribution in [0.4, 0.5) is 26.0 Å². The van der Waals surface area contributed by atoms with Crippen molar-refractivity contribution >= 4 is 49.8 Å². The minimum absolute atomic E-state index is 0.0789. The Kier molecular flexibility index (Phi) is 6.12. The number of aryl methyl sites for hydroxylation is 1. The molecule has 33 heavy (non-hydrogen) atoms. The molecule has 3 aromatic rings. The molecular weight excluding hydrogens is 567 g/mol. The van der Waals surface area contributed by atoms with E-state index in [0.29, 0.717) is 14.7 Å². The molecule has 0 spiro atoms. The predicted molar refractivity (Wildman–Crippen MR) is 131 cm³/mol. The number of aromatic hydroxyl groups is 1. The van der Waals surface area contributed by atoms with Gasteiger partial charge in [0.05, 0.1) is 16.6 Å². The van der Waals surface area contributed by atoms with Crippen LogP contribution < -0.4 is 15.6 Å². The number of nitrogens with zero attached hydrogens (tertiary/aromatic N) is 1. The van der Waals surface area contributed by atoms with Gasteiger partial charge in [-0.2, -0.15) is 0 Å². The summed E-state index contributed by atoms with van der Waals surface area (Å²) in [5.41, 5.74) is 0.443. The normalized spacial score (nSPS) is 17.6. The number of phenolic OH excluding ortho intramolecular Hbond substituents is 1. The van der Waals surface area contributed by atoms with Gasteiger partial charge in [-0.15, -0.1) is 0 Å². The van der Waals surface area contributed by atoms with E-state index in [1.165, 1.54) is 41.9 Å². The molecule has 1 saturated carbocycles. The van der Waals surface area contributed by atoms with E-state index in [4.69, 9.17) is 0 Å². The Morgan fingerprint density at radius 2 is 1.85 bits per heavy atom. The number of halogens is 3. The number of aromatic nitrogens is 1. The Morgan fingerprint density at radius 1 is 1.12 bits per heavy atom. The van der Waals surface area contributed by atoms with Crippen LogP contribution in [0.15, 0.2) is 47.3 Å². The first-order valence-corrected chi connectivity index (χ1v) is 12.5. The summed E-state index contributed by atoms with van der Waals surface area (Å²) < 4.78 is 58.3. The predicted octanol–water partition coefficient (Wildman–Crippen LogP) is 4.32. The fraction of sp³-hybridized carbons (Fsp3) is 0.227. The highest BCUT2D eigenvalue weighted by atomic mass is 127. The molecule has 1 fully saturated rings. The number of rotatable bonds is 6. The lowest BCUT2D eigenvalue weighted by Crippen LogP contribution is -2.26. The van der Waals surface area contributed by atoms with E-state index in [1.54, 1.807) is 13.0 Å². The van der Waals surface area contributed by atoms with Crippen LogP contribution in [0.2, 0.25) is 0 Å². The van der Waals surface area contributed by atoms with E-state index < -0.39 is 32.8 Å². The van der Waals surface area contributed by atoms with Crippen molar-refractivity contribution < 1.29 is 22.3 Å². The average molecular weight is 587 g/mol. The number of benzene rings is 2. The van der Waals surface area contributed by atoms with Crippen LogP contribution in [0.5, 0.6) is 5.75 Å². The van der Waals surface area contributed by atoms with E-state index >= 15 is 0 Å². The minimum atomic E-state index is -3.95. The Balaban J connectivity index is 1.67. The Bertz CT molecular complexity index is 1430. The molecule has 4 rings (SSSR count). The van der Waals surface area contributed by atoms with Crippen molar-refractivity contribution in [2.45, 2.75) is 24.5 Å². The summed E-state index contributed by atoms with van der Waals surface area (Å²) in [6.07, 6.45) is 0.244. The largest absolute Gasteiger partial charge is 0.508 e. The second-order valence-electron chi connectivity index (χ2n) is 7.93. The zero-order chi connectivity index (χ0) is 24.1. The maximum atomic E-state index is 14.4. The molecule has 11 heteroatoms. The van der Waals surface area contributed by atoms with Gasteiger partial charge in [0.25, 0.3) is 5.56 Å². The van der Waals surface area contributed by atoms with Crippen LogP contribution in [0.1, 0.15) is 23.5 Å². The quantitative estimate of drug-likeness (QED) is 0.373. The third-order valence-corrected chi connectivity index (χ3v) is 8.05. The zero-order valence-corrected chi connectivity index (χ0v) is 20.5. The molecule has 1 aliphatic carbocycles. The second-order valence-corrected chi connectivity index (χ2v) is 11.1. The number of hydrogen-bond acceptors (Lipinski definition) is 5. The molecule has 2 aromatic carbocycles.